The maximum absolute atomic E-state index is 12.9. The van der Waals surface area contributed by atoms with Crippen LogP contribution in [-0.4, -0.2) is 36.3 Å². The van der Waals surface area contributed by atoms with Gasteiger partial charge >= 0.3 is 0 Å². The lowest BCUT2D eigenvalue weighted by Crippen LogP contribution is -2.37. The standard InChI is InChI=1S/C29H37N3O3/c1-19-26(13-10-23-15-21(17-31-27(19)23)16-30-20(2)29(3,4)5)32-28(33)22-8-11-24(12-9-22)35-18-25-7-6-14-34-25/h8-13,15,17,20,25,30H,6-7,14,16,18H2,1-5H3,(H,32,33). The summed E-state index contributed by atoms with van der Waals surface area (Å²) in [5, 5.41) is 7.69. The van der Waals surface area contributed by atoms with Crippen molar-refractivity contribution >= 4 is 22.5 Å². The number of fused-ring (bicyclic) bond motifs is 1. The summed E-state index contributed by atoms with van der Waals surface area (Å²) in [6.07, 6.45) is 4.21. The molecule has 2 atom stereocenters. The third-order valence-corrected chi connectivity index (χ3v) is 6.90. The predicted molar refractivity (Wildman–Crippen MR) is 141 cm³/mol. The first-order valence-corrected chi connectivity index (χ1v) is 12.5. The van der Waals surface area contributed by atoms with Crippen molar-refractivity contribution in [2.75, 3.05) is 18.5 Å². The number of pyridine rings is 1. The molecular formula is C29H37N3O3. The van der Waals surface area contributed by atoms with Crippen molar-refractivity contribution in [1.82, 2.24) is 10.3 Å². The van der Waals surface area contributed by atoms with Crippen molar-refractivity contribution in [2.24, 2.45) is 5.41 Å². The highest BCUT2D eigenvalue weighted by molar-refractivity contribution is 6.06. The lowest BCUT2D eigenvalue weighted by Gasteiger charge is -2.28. The van der Waals surface area contributed by atoms with Crippen LogP contribution in [0.2, 0.25) is 0 Å². The van der Waals surface area contributed by atoms with Crippen LogP contribution < -0.4 is 15.4 Å². The van der Waals surface area contributed by atoms with E-state index in [2.05, 4.69) is 44.4 Å². The van der Waals surface area contributed by atoms with Gasteiger partial charge in [-0.05, 0) is 79.6 Å². The van der Waals surface area contributed by atoms with E-state index in [0.717, 1.165) is 59.5 Å². The number of aromatic nitrogens is 1. The molecule has 2 heterocycles. The summed E-state index contributed by atoms with van der Waals surface area (Å²) in [5.74, 6) is 0.584. The smallest absolute Gasteiger partial charge is 0.255 e. The maximum atomic E-state index is 12.9. The molecule has 1 fully saturated rings. The Morgan fingerprint density at radius 1 is 1.20 bits per heavy atom. The Balaban J connectivity index is 1.39. The number of hydrogen-bond acceptors (Lipinski definition) is 5. The topological polar surface area (TPSA) is 72.5 Å². The molecule has 0 aliphatic carbocycles. The Labute approximate surface area is 208 Å². The van der Waals surface area contributed by atoms with E-state index in [1.54, 1.807) is 12.1 Å². The van der Waals surface area contributed by atoms with Crippen molar-refractivity contribution in [3.05, 3.63) is 65.4 Å². The molecule has 1 aromatic heterocycles. The number of nitrogens with one attached hydrogen (secondary N) is 2. The molecule has 4 rings (SSSR count). The minimum Gasteiger partial charge on any atom is -0.491 e. The normalized spacial score (nSPS) is 16.9. The highest BCUT2D eigenvalue weighted by Gasteiger charge is 2.19. The summed E-state index contributed by atoms with van der Waals surface area (Å²) < 4.78 is 11.4. The van der Waals surface area contributed by atoms with Gasteiger partial charge < -0.3 is 20.1 Å². The van der Waals surface area contributed by atoms with E-state index in [1.807, 2.05) is 37.4 Å². The van der Waals surface area contributed by atoms with Gasteiger partial charge in [0.25, 0.3) is 5.91 Å². The van der Waals surface area contributed by atoms with Crippen LogP contribution in [0.25, 0.3) is 10.9 Å². The average Bonchev–Trinajstić information content (AvgIpc) is 3.36. The summed E-state index contributed by atoms with van der Waals surface area (Å²) in [6.45, 7) is 13.0. The molecule has 2 unspecified atom stereocenters. The Morgan fingerprint density at radius 2 is 1.97 bits per heavy atom. The molecule has 0 spiro atoms. The zero-order valence-corrected chi connectivity index (χ0v) is 21.5. The molecular weight excluding hydrogens is 438 g/mol. The van der Waals surface area contributed by atoms with Gasteiger partial charge in [-0.1, -0.05) is 26.8 Å². The van der Waals surface area contributed by atoms with E-state index in [0.29, 0.717) is 18.2 Å². The zero-order chi connectivity index (χ0) is 25.0. The Kier molecular flexibility index (Phi) is 7.72. The number of hydrogen-bond donors (Lipinski definition) is 2. The van der Waals surface area contributed by atoms with Crippen LogP contribution in [0.15, 0.2) is 48.7 Å². The van der Waals surface area contributed by atoms with Crippen molar-refractivity contribution in [1.29, 1.82) is 0 Å². The summed E-state index contributed by atoms with van der Waals surface area (Å²) in [7, 11) is 0. The predicted octanol–water partition coefficient (Wildman–Crippen LogP) is 5.88. The fourth-order valence-electron chi connectivity index (χ4n) is 4.06. The van der Waals surface area contributed by atoms with E-state index < -0.39 is 0 Å². The fourth-order valence-corrected chi connectivity index (χ4v) is 4.06. The van der Waals surface area contributed by atoms with E-state index in [9.17, 15) is 4.79 Å². The number of anilines is 1. The first-order chi connectivity index (χ1) is 16.7. The molecule has 1 aliphatic rings. The molecule has 1 amide bonds. The maximum Gasteiger partial charge on any atom is 0.255 e. The molecule has 6 nitrogen and oxygen atoms in total. The van der Waals surface area contributed by atoms with Gasteiger partial charge in [-0.2, -0.15) is 0 Å². The Morgan fingerprint density at radius 3 is 2.66 bits per heavy atom. The van der Waals surface area contributed by atoms with Gasteiger partial charge in [0.1, 0.15) is 12.4 Å². The number of rotatable bonds is 8. The second-order valence-electron chi connectivity index (χ2n) is 10.5. The fraction of sp³-hybridized carbons (Fsp3) is 0.448. The van der Waals surface area contributed by atoms with E-state index in [-0.39, 0.29) is 17.4 Å². The highest BCUT2D eigenvalue weighted by atomic mass is 16.5. The minimum absolute atomic E-state index is 0.157. The minimum atomic E-state index is -0.157. The lowest BCUT2D eigenvalue weighted by molar-refractivity contribution is 0.0679. The van der Waals surface area contributed by atoms with Gasteiger partial charge in [-0.25, -0.2) is 0 Å². The molecule has 186 valence electrons. The largest absolute Gasteiger partial charge is 0.491 e. The summed E-state index contributed by atoms with van der Waals surface area (Å²) in [4.78, 5) is 17.6. The molecule has 0 saturated carbocycles. The summed E-state index contributed by atoms with van der Waals surface area (Å²) in [6, 6.07) is 13.7. The molecule has 2 N–H and O–H groups in total. The first-order valence-electron chi connectivity index (χ1n) is 12.5. The van der Waals surface area contributed by atoms with Crippen molar-refractivity contribution in [2.45, 2.75) is 66.2 Å². The second kappa shape index (κ2) is 10.8. The zero-order valence-electron chi connectivity index (χ0n) is 21.5. The van der Waals surface area contributed by atoms with Crippen molar-refractivity contribution in [3.63, 3.8) is 0 Å². The molecule has 6 heteroatoms. The van der Waals surface area contributed by atoms with Crippen molar-refractivity contribution in [3.8, 4) is 5.75 Å². The van der Waals surface area contributed by atoms with Gasteiger partial charge in [0.15, 0.2) is 0 Å². The van der Waals surface area contributed by atoms with E-state index >= 15 is 0 Å². The van der Waals surface area contributed by atoms with Crippen LogP contribution in [0.3, 0.4) is 0 Å². The van der Waals surface area contributed by atoms with Crippen LogP contribution in [-0.2, 0) is 11.3 Å². The monoisotopic (exact) mass is 475 g/mol. The second-order valence-corrected chi connectivity index (χ2v) is 10.5. The van der Waals surface area contributed by atoms with Gasteiger partial charge in [0, 0.05) is 42.0 Å². The number of carbonyl (C=O) groups is 1. The van der Waals surface area contributed by atoms with Gasteiger partial charge in [-0.15, -0.1) is 0 Å². The summed E-state index contributed by atoms with van der Waals surface area (Å²) in [5.41, 5.74) is 4.54. The molecule has 0 radical (unpaired) electrons. The van der Waals surface area contributed by atoms with Gasteiger partial charge in [-0.3, -0.25) is 9.78 Å². The molecule has 2 aromatic carbocycles. The van der Waals surface area contributed by atoms with E-state index in [1.165, 1.54) is 0 Å². The molecule has 0 bridgehead atoms. The number of nitrogens with zero attached hydrogens (tertiary/aromatic N) is 1. The highest BCUT2D eigenvalue weighted by Crippen LogP contribution is 2.26. The quantitative estimate of drug-likeness (QED) is 0.426. The Hall–Kier alpha value is -2.96. The number of amides is 1. The molecule has 3 aromatic rings. The lowest BCUT2D eigenvalue weighted by atomic mass is 9.88. The van der Waals surface area contributed by atoms with Crippen molar-refractivity contribution < 1.29 is 14.3 Å². The summed E-state index contributed by atoms with van der Waals surface area (Å²) >= 11 is 0. The van der Waals surface area contributed by atoms with Gasteiger partial charge in [0.05, 0.1) is 11.6 Å². The SMILES string of the molecule is Cc1c(NC(=O)c2ccc(OCC3CCCO3)cc2)ccc2cc(CNC(C)C(C)(C)C)cnc12. The molecule has 1 aliphatic heterocycles. The van der Waals surface area contributed by atoms with Crippen LogP contribution in [0.5, 0.6) is 5.75 Å². The number of benzene rings is 2. The number of carbonyl (C=O) groups excluding carboxylic acids is 1. The number of aryl methyl sites for hydroxylation is 1. The third kappa shape index (κ3) is 6.38. The number of ether oxygens (including phenoxy) is 2. The van der Waals surface area contributed by atoms with Crippen LogP contribution in [0.1, 0.15) is 62.0 Å². The molecule has 1 saturated heterocycles. The van der Waals surface area contributed by atoms with E-state index in [4.69, 9.17) is 14.5 Å². The van der Waals surface area contributed by atoms with Crippen LogP contribution in [0, 0.1) is 12.3 Å². The third-order valence-electron chi connectivity index (χ3n) is 6.90. The first kappa shape index (κ1) is 25.1. The Bertz CT molecular complexity index is 1160. The van der Waals surface area contributed by atoms with Gasteiger partial charge in [0.2, 0.25) is 0 Å². The van der Waals surface area contributed by atoms with Crippen LogP contribution >= 0.6 is 0 Å². The van der Waals surface area contributed by atoms with Crippen LogP contribution in [0.4, 0.5) is 5.69 Å². The average molecular weight is 476 g/mol. The molecule has 35 heavy (non-hydrogen) atoms.